The van der Waals surface area contributed by atoms with Crippen molar-refractivity contribution in [1.82, 2.24) is 9.55 Å². The summed E-state index contributed by atoms with van der Waals surface area (Å²) >= 11 is 0. The van der Waals surface area contributed by atoms with Crippen molar-refractivity contribution in [3.63, 3.8) is 0 Å². The Bertz CT molecular complexity index is 531. The SMILES string of the molecule is CCn1ccnc1CC(=O)c1ccccc1N. The van der Waals surface area contributed by atoms with E-state index < -0.39 is 0 Å². The molecule has 0 unspecified atom stereocenters. The molecule has 0 saturated heterocycles. The van der Waals surface area contributed by atoms with Crippen molar-refractivity contribution >= 4 is 11.5 Å². The first-order valence-electron chi connectivity index (χ1n) is 5.60. The molecule has 0 aliphatic heterocycles. The largest absolute Gasteiger partial charge is 0.398 e. The molecule has 1 aromatic carbocycles. The smallest absolute Gasteiger partial charge is 0.172 e. The number of Topliss-reactive ketones (excluding diaryl/α,β-unsaturated/α-hetero) is 1. The minimum Gasteiger partial charge on any atom is -0.398 e. The standard InChI is InChI=1S/C13H15N3O/c1-2-16-8-7-15-13(16)9-12(17)10-5-3-4-6-11(10)14/h3-8H,2,9,14H2,1H3. The lowest BCUT2D eigenvalue weighted by molar-refractivity contribution is 0.0990. The third-order valence-electron chi connectivity index (χ3n) is 2.72. The van der Waals surface area contributed by atoms with Crippen LogP contribution in [0.15, 0.2) is 36.7 Å². The maximum Gasteiger partial charge on any atom is 0.172 e. The van der Waals surface area contributed by atoms with Crippen molar-refractivity contribution in [2.24, 2.45) is 0 Å². The lowest BCUT2D eigenvalue weighted by atomic mass is 10.1. The maximum atomic E-state index is 12.1. The Kier molecular flexibility index (Phi) is 3.23. The lowest BCUT2D eigenvalue weighted by Crippen LogP contribution is -2.11. The number of hydrogen-bond acceptors (Lipinski definition) is 3. The fraction of sp³-hybridized carbons (Fsp3) is 0.231. The van der Waals surface area contributed by atoms with E-state index in [1.165, 1.54) is 0 Å². The highest BCUT2D eigenvalue weighted by atomic mass is 16.1. The monoisotopic (exact) mass is 229 g/mol. The summed E-state index contributed by atoms with van der Waals surface area (Å²) in [5.41, 5.74) is 6.86. The number of hydrogen-bond donors (Lipinski definition) is 1. The van der Waals surface area contributed by atoms with Gasteiger partial charge in [0.1, 0.15) is 5.82 Å². The van der Waals surface area contributed by atoms with Gasteiger partial charge in [-0.2, -0.15) is 0 Å². The van der Waals surface area contributed by atoms with Crippen LogP contribution in [0, 0.1) is 0 Å². The lowest BCUT2D eigenvalue weighted by Gasteiger charge is -2.06. The van der Waals surface area contributed by atoms with Crippen LogP contribution in [0.1, 0.15) is 23.1 Å². The van der Waals surface area contributed by atoms with Crippen LogP contribution in [-0.2, 0) is 13.0 Å². The van der Waals surface area contributed by atoms with Gasteiger partial charge in [-0.25, -0.2) is 4.98 Å². The van der Waals surface area contributed by atoms with Crippen molar-refractivity contribution in [3.8, 4) is 0 Å². The Labute approximate surface area is 100 Å². The molecule has 17 heavy (non-hydrogen) atoms. The number of nitrogens with two attached hydrogens (primary N) is 1. The van der Waals surface area contributed by atoms with Crippen LogP contribution in [0.5, 0.6) is 0 Å². The van der Waals surface area contributed by atoms with Crippen LogP contribution in [0.2, 0.25) is 0 Å². The number of benzene rings is 1. The second-order valence-electron chi connectivity index (χ2n) is 3.82. The summed E-state index contributed by atoms with van der Waals surface area (Å²) in [6, 6.07) is 7.12. The Balaban J connectivity index is 2.20. The summed E-state index contributed by atoms with van der Waals surface area (Å²) in [7, 11) is 0. The van der Waals surface area contributed by atoms with Crippen LogP contribution >= 0.6 is 0 Å². The minimum absolute atomic E-state index is 0.00370. The molecule has 4 heteroatoms. The maximum absolute atomic E-state index is 12.1. The number of para-hydroxylation sites is 1. The molecular formula is C13H15N3O. The normalized spacial score (nSPS) is 10.4. The number of nitrogen functional groups attached to an aromatic ring is 1. The summed E-state index contributed by atoms with van der Waals surface area (Å²) in [6.07, 6.45) is 3.87. The molecule has 1 heterocycles. The van der Waals surface area contributed by atoms with E-state index >= 15 is 0 Å². The summed E-state index contributed by atoms with van der Waals surface area (Å²) in [6.45, 7) is 2.83. The van der Waals surface area contributed by atoms with Gasteiger partial charge in [0.05, 0.1) is 6.42 Å². The van der Waals surface area contributed by atoms with Crippen LogP contribution in [0.4, 0.5) is 5.69 Å². The number of aromatic nitrogens is 2. The van der Waals surface area contributed by atoms with Crippen LogP contribution in [0.3, 0.4) is 0 Å². The van der Waals surface area contributed by atoms with Crippen LogP contribution < -0.4 is 5.73 Å². The Morgan fingerprint density at radius 1 is 1.41 bits per heavy atom. The average Bonchev–Trinajstić information content (AvgIpc) is 2.76. The molecule has 0 atom stereocenters. The molecule has 0 spiro atoms. The van der Waals surface area contributed by atoms with E-state index in [0.29, 0.717) is 11.3 Å². The molecule has 0 fully saturated rings. The van der Waals surface area contributed by atoms with Gasteiger partial charge in [-0.15, -0.1) is 0 Å². The van der Waals surface area contributed by atoms with Gasteiger partial charge < -0.3 is 10.3 Å². The Morgan fingerprint density at radius 3 is 2.88 bits per heavy atom. The van der Waals surface area contributed by atoms with E-state index in [-0.39, 0.29) is 12.2 Å². The minimum atomic E-state index is 0.00370. The van der Waals surface area contributed by atoms with Crippen LogP contribution in [-0.4, -0.2) is 15.3 Å². The van der Waals surface area contributed by atoms with Crippen molar-refractivity contribution in [1.29, 1.82) is 0 Å². The first kappa shape index (κ1) is 11.4. The van der Waals surface area contributed by atoms with Gasteiger partial charge in [0, 0.05) is 30.2 Å². The fourth-order valence-corrected chi connectivity index (χ4v) is 1.78. The van der Waals surface area contributed by atoms with Gasteiger partial charge in [-0.1, -0.05) is 12.1 Å². The van der Waals surface area contributed by atoms with Gasteiger partial charge in [-0.3, -0.25) is 4.79 Å². The molecule has 2 aromatic rings. The highest BCUT2D eigenvalue weighted by molar-refractivity contribution is 6.01. The molecular weight excluding hydrogens is 214 g/mol. The van der Waals surface area contributed by atoms with E-state index in [4.69, 9.17) is 5.73 Å². The summed E-state index contributed by atoms with van der Waals surface area (Å²) in [5, 5.41) is 0. The molecule has 0 aliphatic rings. The summed E-state index contributed by atoms with van der Waals surface area (Å²) < 4.78 is 1.96. The Hall–Kier alpha value is -2.10. The fourth-order valence-electron chi connectivity index (χ4n) is 1.78. The van der Waals surface area contributed by atoms with Crippen LogP contribution in [0.25, 0.3) is 0 Å². The number of carbonyl (C=O) groups is 1. The van der Waals surface area contributed by atoms with E-state index in [1.54, 1.807) is 18.3 Å². The first-order valence-corrected chi connectivity index (χ1v) is 5.60. The molecule has 0 bridgehead atoms. The van der Waals surface area contributed by atoms with Gasteiger partial charge in [0.15, 0.2) is 5.78 Å². The van der Waals surface area contributed by atoms with Crippen molar-refractivity contribution in [3.05, 3.63) is 48.0 Å². The zero-order chi connectivity index (χ0) is 12.3. The van der Waals surface area contributed by atoms with E-state index in [9.17, 15) is 4.79 Å². The van der Waals surface area contributed by atoms with Crippen molar-refractivity contribution in [2.45, 2.75) is 19.9 Å². The van der Waals surface area contributed by atoms with Gasteiger partial charge >= 0.3 is 0 Å². The molecule has 88 valence electrons. The second-order valence-corrected chi connectivity index (χ2v) is 3.82. The van der Waals surface area contributed by atoms with Crippen molar-refractivity contribution in [2.75, 3.05) is 5.73 Å². The predicted molar refractivity (Wildman–Crippen MR) is 66.8 cm³/mol. The molecule has 0 amide bonds. The van der Waals surface area contributed by atoms with Gasteiger partial charge in [0.25, 0.3) is 0 Å². The molecule has 0 saturated carbocycles. The zero-order valence-electron chi connectivity index (χ0n) is 9.76. The molecule has 4 nitrogen and oxygen atoms in total. The quantitative estimate of drug-likeness (QED) is 0.643. The molecule has 1 aromatic heterocycles. The number of rotatable bonds is 4. The van der Waals surface area contributed by atoms with Gasteiger partial charge in [-0.05, 0) is 19.1 Å². The van der Waals surface area contributed by atoms with E-state index in [1.807, 2.05) is 29.8 Å². The summed E-state index contributed by atoms with van der Waals surface area (Å²) in [4.78, 5) is 16.3. The molecule has 2 rings (SSSR count). The number of ketones is 1. The molecule has 0 aliphatic carbocycles. The highest BCUT2D eigenvalue weighted by Gasteiger charge is 2.12. The van der Waals surface area contributed by atoms with Crippen molar-refractivity contribution < 1.29 is 4.79 Å². The average molecular weight is 229 g/mol. The number of carbonyl (C=O) groups excluding carboxylic acids is 1. The first-order chi connectivity index (χ1) is 8.22. The Morgan fingerprint density at radius 2 is 2.18 bits per heavy atom. The topological polar surface area (TPSA) is 60.9 Å². The van der Waals surface area contributed by atoms with E-state index in [2.05, 4.69) is 4.98 Å². The highest BCUT2D eigenvalue weighted by Crippen LogP contribution is 2.13. The number of anilines is 1. The third kappa shape index (κ3) is 2.36. The predicted octanol–water partition coefficient (Wildman–Crippen LogP) is 1.91. The third-order valence-corrected chi connectivity index (χ3v) is 2.72. The number of nitrogens with zero attached hydrogens (tertiary/aromatic N) is 2. The number of aryl methyl sites for hydroxylation is 1. The second kappa shape index (κ2) is 4.82. The number of imidazole rings is 1. The zero-order valence-corrected chi connectivity index (χ0v) is 9.76. The van der Waals surface area contributed by atoms with Gasteiger partial charge in [0.2, 0.25) is 0 Å². The summed E-state index contributed by atoms with van der Waals surface area (Å²) in [5.74, 6) is 0.782. The van der Waals surface area contributed by atoms with E-state index in [0.717, 1.165) is 12.4 Å². The molecule has 2 N–H and O–H groups in total. The molecule has 0 radical (unpaired) electrons.